The van der Waals surface area contributed by atoms with Crippen molar-refractivity contribution in [3.05, 3.63) is 41.6 Å². The summed E-state index contributed by atoms with van der Waals surface area (Å²) in [6.07, 6.45) is 0.744. The summed E-state index contributed by atoms with van der Waals surface area (Å²) in [5.41, 5.74) is 7.85. The predicted molar refractivity (Wildman–Crippen MR) is 89.9 cm³/mol. The lowest BCUT2D eigenvalue weighted by molar-refractivity contribution is 0.122. The van der Waals surface area contributed by atoms with Gasteiger partial charge in [0.1, 0.15) is 11.6 Å². The van der Waals surface area contributed by atoms with Crippen molar-refractivity contribution in [3.8, 4) is 5.75 Å². The molecule has 0 spiro atoms. The number of rotatable bonds is 5. The van der Waals surface area contributed by atoms with Gasteiger partial charge in [-0.05, 0) is 19.1 Å². The smallest absolute Gasteiger partial charge is 0.222 e. The molecule has 1 aliphatic rings. The van der Waals surface area contributed by atoms with Crippen molar-refractivity contribution in [2.24, 2.45) is 0 Å². The number of ether oxygens (including phenoxy) is 2. The quantitative estimate of drug-likeness (QED) is 0.907. The van der Waals surface area contributed by atoms with Crippen LogP contribution in [0.2, 0.25) is 0 Å². The molecule has 0 saturated carbocycles. The Morgan fingerprint density at radius 1 is 1.17 bits per heavy atom. The zero-order valence-electron chi connectivity index (χ0n) is 13.4. The molecule has 1 fully saturated rings. The number of nitrogens with two attached hydrogens (primary N) is 1. The second-order valence-electron chi connectivity index (χ2n) is 5.48. The zero-order valence-corrected chi connectivity index (χ0v) is 13.4. The molecular weight excluding hydrogens is 292 g/mol. The molecule has 2 aromatic rings. The maximum Gasteiger partial charge on any atom is 0.222 e. The van der Waals surface area contributed by atoms with E-state index in [2.05, 4.69) is 14.9 Å². The van der Waals surface area contributed by atoms with E-state index in [1.165, 1.54) is 0 Å². The highest BCUT2D eigenvalue weighted by atomic mass is 16.5. The molecule has 0 bridgehead atoms. The molecule has 0 atom stereocenters. The molecule has 6 nitrogen and oxygen atoms in total. The van der Waals surface area contributed by atoms with Crippen LogP contribution in [0.3, 0.4) is 0 Å². The number of nitrogen functional groups attached to an aromatic ring is 1. The number of hydrogen-bond donors (Lipinski definition) is 1. The summed E-state index contributed by atoms with van der Waals surface area (Å²) < 4.78 is 11.2. The van der Waals surface area contributed by atoms with Gasteiger partial charge in [0.15, 0.2) is 0 Å². The van der Waals surface area contributed by atoms with Crippen LogP contribution < -0.4 is 15.4 Å². The van der Waals surface area contributed by atoms with Crippen LogP contribution in [0.15, 0.2) is 30.3 Å². The van der Waals surface area contributed by atoms with Gasteiger partial charge in [-0.1, -0.05) is 18.2 Å². The lowest BCUT2D eigenvalue weighted by atomic mass is 10.1. The van der Waals surface area contributed by atoms with E-state index in [0.717, 1.165) is 42.3 Å². The van der Waals surface area contributed by atoms with Crippen molar-refractivity contribution in [2.45, 2.75) is 13.3 Å². The van der Waals surface area contributed by atoms with E-state index in [9.17, 15) is 0 Å². The molecule has 6 heteroatoms. The first-order chi connectivity index (χ1) is 11.2. The van der Waals surface area contributed by atoms with Crippen molar-refractivity contribution in [1.29, 1.82) is 0 Å². The highest BCUT2D eigenvalue weighted by molar-refractivity contribution is 5.52. The largest absolute Gasteiger partial charge is 0.493 e. The molecule has 0 aliphatic carbocycles. The number of anilines is 2. The highest BCUT2D eigenvalue weighted by Crippen LogP contribution is 2.23. The molecule has 1 aromatic heterocycles. The molecule has 0 radical (unpaired) electrons. The summed E-state index contributed by atoms with van der Waals surface area (Å²) in [7, 11) is 0. The molecule has 2 N–H and O–H groups in total. The van der Waals surface area contributed by atoms with Gasteiger partial charge < -0.3 is 20.1 Å². The van der Waals surface area contributed by atoms with Gasteiger partial charge >= 0.3 is 0 Å². The molecule has 1 saturated heterocycles. The minimum absolute atomic E-state index is 0.316. The minimum atomic E-state index is 0.316. The Balaban J connectivity index is 1.74. The van der Waals surface area contributed by atoms with Gasteiger partial charge in [-0.15, -0.1) is 0 Å². The van der Waals surface area contributed by atoms with E-state index in [4.69, 9.17) is 15.2 Å². The normalized spacial score (nSPS) is 14.7. The van der Waals surface area contributed by atoms with E-state index in [-0.39, 0.29) is 0 Å². The van der Waals surface area contributed by atoms with Gasteiger partial charge in [0, 0.05) is 30.8 Å². The fourth-order valence-corrected chi connectivity index (χ4v) is 2.72. The third kappa shape index (κ3) is 3.90. The van der Waals surface area contributed by atoms with Crippen molar-refractivity contribution in [1.82, 2.24) is 9.97 Å². The van der Waals surface area contributed by atoms with Crippen molar-refractivity contribution in [3.63, 3.8) is 0 Å². The van der Waals surface area contributed by atoms with Crippen LogP contribution in [0.1, 0.15) is 11.3 Å². The lowest BCUT2D eigenvalue weighted by Crippen LogP contribution is -2.38. The first-order valence-corrected chi connectivity index (χ1v) is 7.87. The Morgan fingerprint density at radius 2 is 1.91 bits per heavy atom. The molecule has 2 heterocycles. The minimum Gasteiger partial charge on any atom is -0.493 e. The third-order valence-corrected chi connectivity index (χ3v) is 3.88. The number of hydrogen-bond acceptors (Lipinski definition) is 6. The molecule has 1 aromatic carbocycles. The maximum atomic E-state index is 5.84. The number of nitrogens with zero attached hydrogens (tertiary/aromatic N) is 3. The number of aryl methyl sites for hydroxylation is 1. The van der Waals surface area contributed by atoms with Crippen LogP contribution in [0.25, 0.3) is 0 Å². The first-order valence-electron chi connectivity index (χ1n) is 7.87. The Labute approximate surface area is 136 Å². The van der Waals surface area contributed by atoms with Crippen LogP contribution in [0.5, 0.6) is 5.75 Å². The van der Waals surface area contributed by atoms with E-state index in [1.54, 1.807) is 0 Å². The fourth-order valence-electron chi connectivity index (χ4n) is 2.72. The summed E-state index contributed by atoms with van der Waals surface area (Å²) in [5, 5.41) is 0. The molecule has 1 aliphatic heterocycles. The second-order valence-corrected chi connectivity index (χ2v) is 5.48. The van der Waals surface area contributed by atoms with E-state index in [1.807, 2.05) is 37.3 Å². The molecule has 23 heavy (non-hydrogen) atoms. The number of benzene rings is 1. The topological polar surface area (TPSA) is 73.5 Å². The summed E-state index contributed by atoms with van der Waals surface area (Å²) >= 11 is 0. The Hall–Kier alpha value is -2.34. The number of morpholine rings is 1. The van der Waals surface area contributed by atoms with Gasteiger partial charge in [-0.25, -0.2) is 4.98 Å². The van der Waals surface area contributed by atoms with Crippen LogP contribution in [0.4, 0.5) is 11.8 Å². The summed E-state index contributed by atoms with van der Waals surface area (Å²) in [5.74, 6) is 2.10. The summed E-state index contributed by atoms with van der Waals surface area (Å²) in [6.45, 7) is 5.62. The van der Waals surface area contributed by atoms with Crippen LogP contribution in [-0.2, 0) is 11.2 Å². The van der Waals surface area contributed by atoms with Gasteiger partial charge in [-0.2, -0.15) is 4.98 Å². The van der Waals surface area contributed by atoms with Gasteiger partial charge in [0.25, 0.3) is 0 Å². The standard InChI is InChI=1S/C17H22N4O2/c1-13-15(7-10-23-14-5-3-2-4-6-14)16(20-17(18)19-13)21-8-11-22-12-9-21/h2-6H,7-12H2,1H3,(H2,18,19,20). The summed E-state index contributed by atoms with van der Waals surface area (Å²) in [6, 6.07) is 9.81. The van der Waals surface area contributed by atoms with Crippen LogP contribution in [0, 0.1) is 6.92 Å². The fraction of sp³-hybridized carbons (Fsp3) is 0.412. The average Bonchev–Trinajstić information content (AvgIpc) is 2.58. The zero-order chi connectivity index (χ0) is 16.1. The average molecular weight is 314 g/mol. The van der Waals surface area contributed by atoms with Crippen molar-refractivity contribution < 1.29 is 9.47 Å². The molecule has 0 amide bonds. The predicted octanol–water partition coefficient (Wildman–Crippen LogP) is 1.83. The van der Waals surface area contributed by atoms with Crippen LogP contribution >= 0.6 is 0 Å². The molecule has 3 rings (SSSR count). The second kappa shape index (κ2) is 7.28. The van der Waals surface area contributed by atoms with E-state index < -0.39 is 0 Å². The lowest BCUT2D eigenvalue weighted by Gasteiger charge is -2.30. The molecular formula is C17H22N4O2. The van der Waals surface area contributed by atoms with Gasteiger partial charge in [0.05, 0.1) is 19.8 Å². The molecule has 0 unspecified atom stereocenters. The van der Waals surface area contributed by atoms with Crippen LogP contribution in [-0.4, -0.2) is 42.9 Å². The third-order valence-electron chi connectivity index (χ3n) is 3.88. The van der Waals surface area contributed by atoms with Gasteiger partial charge in [0.2, 0.25) is 5.95 Å². The highest BCUT2D eigenvalue weighted by Gasteiger charge is 2.19. The number of aromatic nitrogens is 2. The SMILES string of the molecule is Cc1nc(N)nc(N2CCOCC2)c1CCOc1ccccc1. The first kappa shape index (κ1) is 15.6. The van der Waals surface area contributed by atoms with Crippen molar-refractivity contribution >= 4 is 11.8 Å². The molecule has 122 valence electrons. The summed E-state index contributed by atoms with van der Waals surface area (Å²) in [4.78, 5) is 11.0. The van der Waals surface area contributed by atoms with E-state index in [0.29, 0.717) is 25.8 Å². The maximum absolute atomic E-state index is 5.84. The Kier molecular flexibility index (Phi) is 4.92. The Morgan fingerprint density at radius 3 is 2.65 bits per heavy atom. The number of para-hydroxylation sites is 1. The van der Waals surface area contributed by atoms with Gasteiger partial charge in [-0.3, -0.25) is 0 Å². The monoisotopic (exact) mass is 314 g/mol. The Bertz CT molecular complexity index is 643. The van der Waals surface area contributed by atoms with Crippen molar-refractivity contribution in [2.75, 3.05) is 43.5 Å². The van der Waals surface area contributed by atoms with E-state index >= 15 is 0 Å².